The minimum atomic E-state index is -0.858. The number of aryl methyl sites for hydroxylation is 1. The minimum absolute atomic E-state index is 0.00890. The maximum atomic E-state index is 13.0. The molecule has 0 spiro atoms. The second-order valence-electron chi connectivity index (χ2n) is 7.52. The summed E-state index contributed by atoms with van der Waals surface area (Å²) in [5.41, 5.74) is 2.47. The van der Waals surface area contributed by atoms with Crippen LogP contribution in [0.3, 0.4) is 0 Å². The number of amides is 2. The molecule has 1 atom stereocenters. The molecule has 0 saturated carbocycles. The molecule has 0 fully saturated rings. The quantitative estimate of drug-likeness (QED) is 0.398. The minimum Gasteiger partial charge on any atom is -0.493 e. The van der Waals surface area contributed by atoms with E-state index in [0.717, 1.165) is 5.56 Å². The first-order valence-electron chi connectivity index (χ1n) is 10.5. The molecule has 2 N–H and O–H groups in total. The van der Waals surface area contributed by atoms with Gasteiger partial charge in [-0.05, 0) is 50.2 Å². The highest BCUT2D eigenvalue weighted by Gasteiger charge is 2.25. The Morgan fingerprint density at radius 2 is 1.55 bits per heavy atom. The number of rotatable bonds is 7. The number of furan rings is 1. The van der Waals surface area contributed by atoms with Crippen LogP contribution in [0.2, 0.25) is 0 Å². The molecular weight excluding hydrogens is 420 g/mol. The van der Waals surface area contributed by atoms with E-state index in [1.54, 1.807) is 55.5 Å². The molecule has 0 unspecified atom stereocenters. The van der Waals surface area contributed by atoms with Gasteiger partial charge in [-0.3, -0.25) is 9.59 Å². The summed E-state index contributed by atoms with van der Waals surface area (Å²) in [7, 11) is 1.53. The van der Waals surface area contributed by atoms with Crippen molar-refractivity contribution in [1.82, 2.24) is 0 Å². The second-order valence-corrected chi connectivity index (χ2v) is 7.52. The van der Waals surface area contributed by atoms with Crippen LogP contribution in [0.15, 0.2) is 77.2 Å². The molecule has 33 heavy (non-hydrogen) atoms. The van der Waals surface area contributed by atoms with Gasteiger partial charge in [-0.2, -0.15) is 0 Å². The highest BCUT2D eigenvalue weighted by Crippen LogP contribution is 2.32. The number of hydrogen-bond acceptors (Lipinski definition) is 5. The van der Waals surface area contributed by atoms with E-state index >= 15 is 0 Å². The Hall–Kier alpha value is -4.26. The SMILES string of the molecule is COc1ccccc1O[C@@H](C)C(=O)Nc1c(C(=O)Nc2ccc(C)cc2)oc2ccccc12. The van der Waals surface area contributed by atoms with Crippen molar-refractivity contribution in [3.63, 3.8) is 0 Å². The van der Waals surface area contributed by atoms with E-state index in [-0.39, 0.29) is 11.4 Å². The van der Waals surface area contributed by atoms with Crippen molar-refractivity contribution < 1.29 is 23.5 Å². The van der Waals surface area contributed by atoms with Crippen molar-refractivity contribution in [1.29, 1.82) is 0 Å². The molecule has 1 heterocycles. The Labute approximate surface area is 191 Å². The molecule has 4 rings (SSSR count). The van der Waals surface area contributed by atoms with E-state index in [1.165, 1.54) is 7.11 Å². The van der Waals surface area contributed by atoms with Crippen molar-refractivity contribution in [2.24, 2.45) is 0 Å². The average Bonchev–Trinajstić information content (AvgIpc) is 3.19. The van der Waals surface area contributed by atoms with Crippen molar-refractivity contribution in [2.75, 3.05) is 17.7 Å². The van der Waals surface area contributed by atoms with Gasteiger partial charge in [0.15, 0.2) is 17.6 Å². The van der Waals surface area contributed by atoms with Gasteiger partial charge >= 0.3 is 0 Å². The summed E-state index contributed by atoms with van der Waals surface area (Å²) < 4.78 is 16.9. The highest BCUT2D eigenvalue weighted by atomic mass is 16.5. The molecule has 0 bridgehead atoms. The number of nitrogens with one attached hydrogen (secondary N) is 2. The molecular formula is C26H24N2O5. The molecule has 168 valence electrons. The first-order chi connectivity index (χ1) is 16.0. The monoisotopic (exact) mass is 444 g/mol. The number of methoxy groups -OCH3 is 1. The Morgan fingerprint density at radius 1 is 0.879 bits per heavy atom. The van der Waals surface area contributed by atoms with Gasteiger partial charge in [-0.15, -0.1) is 0 Å². The molecule has 3 aromatic carbocycles. The van der Waals surface area contributed by atoms with Gasteiger partial charge < -0.3 is 24.5 Å². The lowest BCUT2D eigenvalue weighted by Crippen LogP contribution is -2.31. The van der Waals surface area contributed by atoms with Crippen LogP contribution in [0.1, 0.15) is 23.0 Å². The molecule has 0 aliphatic carbocycles. The van der Waals surface area contributed by atoms with Crippen molar-refractivity contribution in [2.45, 2.75) is 20.0 Å². The zero-order chi connectivity index (χ0) is 23.4. The van der Waals surface area contributed by atoms with Crippen LogP contribution < -0.4 is 20.1 Å². The third-order valence-corrected chi connectivity index (χ3v) is 5.10. The van der Waals surface area contributed by atoms with Crippen LogP contribution in [0.25, 0.3) is 11.0 Å². The first kappa shape index (κ1) is 22.0. The maximum absolute atomic E-state index is 13.0. The number of anilines is 2. The standard InChI is InChI=1S/C26H24N2O5/c1-16-12-14-18(15-13-16)27-26(30)24-23(19-8-4-5-9-20(19)33-24)28-25(29)17(2)32-22-11-7-6-10-21(22)31-3/h4-15,17H,1-3H3,(H,27,30)(H,28,29)/t17-/m0/s1. The summed E-state index contributed by atoms with van der Waals surface area (Å²) in [5, 5.41) is 6.24. The van der Waals surface area contributed by atoms with E-state index in [9.17, 15) is 9.59 Å². The molecule has 2 amide bonds. The highest BCUT2D eigenvalue weighted by molar-refractivity contribution is 6.15. The fourth-order valence-corrected chi connectivity index (χ4v) is 3.34. The molecule has 7 nitrogen and oxygen atoms in total. The first-order valence-corrected chi connectivity index (χ1v) is 10.5. The van der Waals surface area contributed by atoms with Crippen LogP contribution in [0.4, 0.5) is 11.4 Å². The summed E-state index contributed by atoms with van der Waals surface area (Å²) in [6, 6.07) is 21.6. The number of benzene rings is 3. The Morgan fingerprint density at radius 3 is 2.27 bits per heavy atom. The fraction of sp³-hybridized carbons (Fsp3) is 0.154. The molecule has 1 aromatic heterocycles. The van der Waals surface area contributed by atoms with Crippen molar-refractivity contribution in [3.05, 3.63) is 84.1 Å². The lowest BCUT2D eigenvalue weighted by molar-refractivity contribution is -0.122. The predicted molar refractivity (Wildman–Crippen MR) is 127 cm³/mol. The van der Waals surface area contributed by atoms with E-state index in [1.807, 2.05) is 31.2 Å². The summed E-state index contributed by atoms with van der Waals surface area (Å²) in [5.74, 6) is 0.0660. The summed E-state index contributed by atoms with van der Waals surface area (Å²) in [6.07, 6.45) is -0.858. The average molecular weight is 444 g/mol. The molecule has 4 aromatic rings. The maximum Gasteiger partial charge on any atom is 0.293 e. The second kappa shape index (κ2) is 9.48. The Kier molecular flexibility index (Phi) is 6.31. The van der Waals surface area contributed by atoms with Gasteiger partial charge in [0.2, 0.25) is 5.76 Å². The zero-order valence-corrected chi connectivity index (χ0v) is 18.5. The van der Waals surface area contributed by atoms with Gasteiger partial charge in [-0.1, -0.05) is 42.0 Å². The van der Waals surface area contributed by atoms with E-state index in [4.69, 9.17) is 13.9 Å². The predicted octanol–water partition coefficient (Wildman–Crippen LogP) is 5.41. The number of para-hydroxylation sites is 3. The van der Waals surface area contributed by atoms with Gasteiger partial charge in [0.25, 0.3) is 11.8 Å². The third kappa shape index (κ3) is 4.82. The molecule has 0 aliphatic heterocycles. The zero-order valence-electron chi connectivity index (χ0n) is 18.5. The number of carbonyl (C=O) groups is 2. The largest absolute Gasteiger partial charge is 0.493 e. The topological polar surface area (TPSA) is 89.8 Å². The summed E-state index contributed by atoms with van der Waals surface area (Å²) in [6.45, 7) is 3.59. The summed E-state index contributed by atoms with van der Waals surface area (Å²) >= 11 is 0. The number of fused-ring (bicyclic) bond motifs is 1. The Balaban J connectivity index is 1.59. The lowest BCUT2D eigenvalue weighted by Gasteiger charge is -2.16. The van der Waals surface area contributed by atoms with Crippen LogP contribution in [-0.2, 0) is 4.79 Å². The number of hydrogen-bond donors (Lipinski definition) is 2. The molecule has 0 saturated heterocycles. The Bertz CT molecular complexity index is 1290. The van der Waals surface area contributed by atoms with Crippen molar-refractivity contribution in [3.8, 4) is 11.5 Å². The molecule has 0 aliphatic rings. The van der Waals surface area contributed by atoms with Crippen LogP contribution >= 0.6 is 0 Å². The van der Waals surface area contributed by atoms with Crippen LogP contribution in [-0.4, -0.2) is 25.0 Å². The lowest BCUT2D eigenvalue weighted by atomic mass is 10.2. The van der Waals surface area contributed by atoms with Gasteiger partial charge in [0, 0.05) is 11.1 Å². The fourth-order valence-electron chi connectivity index (χ4n) is 3.34. The third-order valence-electron chi connectivity index (χ3n) is 5.10. The van der Waals surface area contributed by atoms with E-state index in [2.05, 4.69) is 10.6 Å². The van der Waals surface area contributed by atoms with Crippen LogP contribution in [0, 0.1) is 6.92 Å². The summed E-state index contributed by atoms with van der Waals surface area (Å²) in [4.78, 5) is 26.0. The van der Waals surface area contributed by atoms with Crippen LogP contribution in [0.5, 0.6) is 11.5 Å². The molecule has 0 radical (unpaired) electrons. The normalized spacial score (nSPS) is 11.6. The van der Waals surface area contributed by atoms with E-state index < -0.39 is 17.9 Å². The smallest absolute Gasteiger partial charge is 0.293 e. The van der Waals surface area contributed by atoms with Crippen molar-refractivity contribution >= 4 is 34.2 Å². The van der Waals surface area contributed by atoms with Gasteiger partial charge in [0.05, 0.1) is 7.11 Å². The molecule has 7 heteroatoms. The van der Waals surface area contributed by atoms with Gasteiger partial charge in [-0.25, -0.2) is 0 Å². The number of carbonyl (C=O) groups excluding carboxylic acids is 2. The van der Waals surface area contributed by atoms with Gasteiger partial charge in [0.1, 0.15) is 11.3 Å². The van der Waals surface area contributed by atoms with E-state index in [0.29, 0.717) is 28.2 Å². The number of ether oxygens (including phenoxy) is 2.